The molecule has 2 rings (SSSR count). The van der Waals surface area contributed by atoms with Gasteiger partial charge in [-0.25, -0.2) is 0 Å². The van der Waals surface area contributed by atoms with Crippen LogP contribution in [0, 0.1) is 0 Å². The van der Waals surface area contributed by atoms with E-state index in [-0.39, 0.29) is 5.60 Å². The molecule has 1 aliphatic carbocycles. The minimum Gasteiger partial charge on any atom is -0.389 e. The summed E-state index contributed by atoms with van der Waals surface area (Å²) >= 11 is 0. The summed E-state index contributed by atoms with van der Waals surface area (Å²) in [6, 6.07) is 0.636. The molecule has 2 N–H and O–H groups in total. The molecule has 2 fully saturated rings. The number of β-amino-alcohol motifs (C(OH)–C–C–N with tert-alkyl or cyclic N) is 1. The fraction of sp³-hybridized carbons (Fsp3) is 1.00. The van der Waals surface area contributed by atoms with E-state index in [1.54, 1.807) is 0 Å². The van der Waals surface area contributed by atoms with Crippen LogP contribution in [0.2, 0.25) is 0 Å². The number of nitrogens with one attached hydrogen (secondary N) is 1. The van der Waals surface area contributed by atoms with Gasteiger partial charge in [0.1, 0.15) is 0 Å². The van der Waals surface area contributed by atoms with E-state index in [0.717, 1.165) is 32.5 Å². The van der Waals surface area contributed by atoms with Crippen LogP contribution in [-0.2, 0) is 0 Å². The topological polar surface area (TPSA) is 35.5 Å². The highest BCUT2D eigenvalue weighted by Gasteiger charge is 2.33. The lowest BCUT2D eigenvalue weighted by atomic mass is 9.84. The number of likely N-dealkylation sites (tertiary alicyclic amines) is 1. The van der Waals surface area contributed by atoms with Gasteiger partial charge in [0, 0.05) is 19.1 Å². The van der Waals surface area contributed by atoms with Gasteiger partial charge < -0.3 is 10.4 Å². The second-order valence-electron chi connectivity index (χ2n) is 5.29. The Morgan fingerprint density at radius 3 is 2.67 bits per heavy atom. The Morgan fingerprint density at radius 2 is 2.07 bits per heavy atom. The van der Waals surface area contributed by atoms with Gasteiger partial charge in [0.2, 0.25) is 0 Å². The Kier molecular flexibility index (Phi) is 3.65. The fourth-order valence-corrected chi connectivity index (χ4v) is 3.00. The molecule has 0 aromatic heterocycles. The van der Waals surface area contributed by atoms with E-state index in [4.69, 9.17) is 0 Å². The van der Waals surface area contributed by atoms with Crippen molar-refractivity contribution in [3.8, 4) is 0 Å². The van der Waals surface area contributed by atoms with Crippen molar-refractivity contribution < 1.29 is 5.11 Å². The third-order valence-corrected chi connectivity index (χ3v) is 3.98. The van der Waals surface area contributed by atoms with E-state index in [1.807, 2.05) is 7.05 Å². The third-order valence-electron chi connectivity index (χ3n) is 3.98. The molecule has 2 aliphatic rings. The highest BCUT2D eigenvalue weighted by Crippen LogP contribution is 2.29. The zero-order valence-electron chi connectivity index (χ0n) is 9.84. The summed E-state index contributed by atoms with van der Waals surface area (Å²) in [7, 11) is 2.03. The molecule has 0 aromatic carbocycles. The predicted molar refractivity (Wildman–Crippen MR) is 61.9 cm³/mol. The lowest BCUT2D eigenvalue weighted by Gasteiger charge is -2.35. The molecule has 1 aliphatic heterocycles. The van der Waals surface area contributed by atoms with Gasteiger partial charge >= 0.3 is 0 Å². The van der Waals surface area contributed by atoms with E-state index < -0.39 is 0 Å². The summed E-state index contributed by atoms with van der Waals surface area (Å²) in [5.74, 6) is 0. The van der Waals surface area contributed by atoms with Gasteiger partial charge in [0.25, 0.3) is 0 Å². The largest absolute Gasteiger partial charge is 0.389 e. The summed E-state index contributed by atoms with van der Waals surface area (Å²) in [5, 5.41) is 13.7. The Labute approximate surface area is 92.8 Å². The SMILES string of the molecule is CNC1CCN(CC2(O)CCCCC2)C1. The number of rotatable bonds is 3. The molecule has 1 atom stereocenters. The first-order valence-electron chi connectivity index (χ1n) is 6.34. The highest BCUT2D eigenvalue weighted by molar-refractivity contribution is 4.89. The van der Waals surface area contributed by atoms with E-state index in [1.165, 1.54) is 25.7 Å². The van der Waals surface area contributed by atoms with Crippen LogP contribution < -0.4 is 5.32 Å². The van der Waals surface area contributed by atoms with Crippen molar-refractivity contribution in [2.45, 2.75) is 50.2 Å². The lowest BCUT2D eigenvalue weighted by molar-refractivity contribution is -0.0217. The van der Waals surface area contributed by atoms with Gasteiger partial charge in [0.15, 0.2) is 0 Å². The van der Waals surface area contributed by atoms with Crippen molar-refractivity contribution in [2.75, 3.05) is 26.7 Å². The van der Waals surface area contributed by atoms with Crippen molar-refractivity contribution in [1.29, 1.82) is 0 Å². The van der Waals surface area contributed by atoms with Crippen LogP contribution in [0.25, 0.3) is 0 Å². The van der Waals surface area contributed by atoms with Crippen molar-refractivity contribution in [2.24, 2.45) is 0 Å². The molecule has 0 bridgehead atoms. The van der Waals surface area contributed by atoms with E-state index >= 15 is 0 Å². The van der Waals surface area contributed by atoms with Crippen LogP contribution in [0.15, 0.2) is 0 Å². The third kappa shape index (κ3) is 2.92. The predicted octanol–water partition coefficient (Wildman–Crippen LogP) is 0.975. The highest BCUT2D eigenvalue weighted by atomic mass is 16.3. The average Bonchev–Trinajstić information content (AvgIpc) is 2.66. The van der Waals surface area contributed by atoms with Gasteiger partial charge in [-0.15, -0.1) is 0 Å². The second-order valence-corrected chi connectivity index (χ2v) is 5.29. The number of aliphatic hydroxyl groups is 1. The van der Waals surface area contributed by atoms with Crippen molar-refractivity contribution in [3.05, 3.63) is 0 Å². The zero-order valence-corrected chi connectivity index (χ0v) is 9.84. The fourth-order valence-electron chi connectivity index (χ4n) is 3.00. The smallest absolute Gasteiger partial charge is 0.0774 e. The van der Waals surface area contributed by atoms with Gasteiger partial charge in [-0.3, -0.25) is 4.90 Å². The molecule has 1 saturated heterocycles. The standard InChI is InChI=1S/C12H24N2O/c1-13-11-5-8-14(9-11)10-12(15)6-3-2-4-7-12/h11,13,15H,2-10H2,1H3. The lowest BCUT2D eigenvalue weighted by Crippen LogP contribution is -2.44. The molecule has 1 saturated carbocycles. The van der Waals surface area contributed by atoms with Gasteiger partial charge in [-0.1, -0.05) is 19.3 Å². The summed E-state index contributed by atoms with van der Waals surface area (Å²) < 4.78 is 0. The van der Waals surface area contributed by atoms with Gasteiger partial charge in [0.05, 0.1) is 5.60 Å². The first-order valence-corrected chi connectivity index (χ1v) is 6.34. The summed E-state index contributed by atoms with van der Waals surface area (Å²) in [6.07, 6.45) is 6.97. The first kappa shape index (κ1) is 11.4. The summed E-state index contributed by atoms with van der Waals surface area (Å²) in [4.78, 5) is 2.42. The Hall–Kier alpha value is -0.120. The molecular formula is C12H24N2O. The molecule has 3 heteroatoms. The van der Waals surface area contributed by atoms with Crippen LogP contribution in [0.4, 0.5) is 0 Å². The molecule has 0 amide bonds. The van der Waals surface area contributed by atoms with E-state index in [0.29, 0.717) is 6.04 Å². The van der Waals surface area contributed by atoms with Gasteiger partial charge in [-0.2, -0.15) is 0 Å². The van der Waals surface area contributed by atoms with Crippen LogP contribution in [0.1, 0.15) is 38.5 Å². The molecule has 0 spiro atoms. The normalized spacial score (nSPS) is 32.0. The second kappa shape index (κ2) is 4.81. The summed E-state index contributed by atoms with van der Waals surface area (Å²) in [5.41, 5.74) is -0.374. The zero-order chi connectivity index (χ0) is 10.7. The Bertz CT molecular complexity index is 202. The Morgan fingerprint density at radius 1 is 1.33 bits per heavy atom. The Balaban J connectivity index is 1.80. The van der Waals surface area contributed by atoms with Crippen molar-refractivity contribution in [1.82, 2.24) is 10.2 Å². The van der Waals surface area contributed by atoms with E-state index in [2.05, 4.69) is 10.2 Å². The minimum absolute atomic E-state index is 0.374. The van der Waals surface area contributed by atoms with Crippen LogP contribution >= 0.6 is 0 Å². The summed E-state index contributed by atoms with van der Waals surface area (Å²) in [6.45, 7) is 3.15. The number of nitrogens with zero attached hydrogens (tertiary/aromatic N) is 1. The average molecular weight is 212 g/mol. The maximum atomic E-state index is 10.4. The molecule has 1 unspecified atom stereocenters. The van der Waals surface area contributed by atoms with Crippen LogP contribution in [0.3, 0.4) is 0 Å². The molecule has 1 heterocycles. The maximum Gasteiger partial charge on any atom is 0.0774 e. The van der Waals surface area contributed by atoms with Gasteiger partial charge in [-0.05, 0) is 32.9 Å². The molecular weight excluding hydrogens is 188 g/mol. The minimum atomic E-state index is -0.374. The first-order chi connectivity index (χ1) is 7.22. The number of hydrogen-bond donors (Lipinski definition) is 2. The maximum absolute atomic E-state index is 10.4. The van der Waals surface area contributed by atoms with Crippen LogP contribution in [-0.4, -0.2) is 48.3 Å². The molecule has 88 valence electrons. The number of hydrogen-bond acceptors (Lipinski definition) is 3. The van der Waals surface area contributed by atoms with Crippen molar-refractivity contribution in [3.63, 3.8) is 0 Å². The molecule has 0 aromatic rings. The molecule has 0 radical (unpaired) electrons. The quantitative estimate of drug-likeness (QED) is 0.732. The van der Waals surface area contributed by atoms with Crippen LogP contribution in [0.5, 0.6) is 0 Å². The molecule has 3 nitrogen and oxygen atoms in total. The monoisotopic (exact) mass is 212 g/mol. The van der Waals surface area contributed by atoms with Crippen molar-refractivity contribution >= 4 is 0 Å². The molecule has 15 heavy (non-hydrogen) atoms. The number of likely N-dealkylation sites (N-methyl/N-ethyl adjacent to an activating group) is 1. The van der Waals surface area contributed by atoms with E-state index in [9.17, 15) is 5.11 Å².